The predicted octanol–water partition coefficient (Wildman–Crippen LogP) is 2.76. The third-order valence-corrected chi connectivity index (χ3v) is 2.63. The summed E-state index contributed by atoms with van der Waals surface area (Å²) in [5.74, 6) is 0. The van der Waals surface area contributed by atoms with Crippen molar-refractivity contribution < 1.29 is 0 Å². The monoisotopic (exact) mass is 221 g/mol. The summed E-state index contributed by atoms with van der Waals surface area (Å²) >= 11 is 0. The summed E-state index contributed by atoms with van der Waals surface area (Å²) in [7, 11) is 0. The second kappa shape index (κ2) is 5.30. The van der Waals surface area contributed by atoms with Gasteiger partial charge in [-0.3, -0.25) is 5.10 Å². The van der Waals surface area contributed by atoms with Gasteiger partial charge in [0.05, 0.1) is 6.20 Å². The van der Waals surface area contributed by atoms with Crippen LogP contribution in [0.15, 0.2) is 18.9 Å². The second-order valence-corrected chi connectivity index (χ2v) is 5.33. The van der Waals surface area contributed by atoms with E-state index in [9.17, 15) is 0 Å². The zero-order valence-corrected chi connectivity index (χ0v) is 10.8. The Morgan fingerprint density at radius 1 is 1.56 bits per heavy atom. The van der Waals surface area contributed by atoms with Crippen molar-refractivity contribution in [3.05, 3.63) is 30.1 Å². The summed E-state index contributed by atoms with van der Waals surface area (Å²) in [4.78, 5) is 0. The van der Waals surface area contributed by atoms with Crippen molar-refractivity contribution in [2.75, 3.05) is 0 Å². The normalized spacial score (nSPS) is 13.8. The largest absolute Gasteiger partial charge is 0.310 e. The lowest BCUT2D eigenvalue weighted by atomic mass is 9.89. The average molecular weight is 221 g/mol. The summed E-state index contributed by atoms with van der Waals surface area (Å²) in [6.45, 7) is 13.3. The molecule has 0 saturated carbocycles. The highest BCUT2D eigenvalue weighted by atomic mass is 15.1. The van der Waals surface area contributed by atoms with Gasteiger partial charge in [-0.2, -0.15) is 5.10 Å². The minimum absolute atomic E-state index is 0.120. The van der Waals surface area contributed by atoms with Crippen molar-refractivity contribution in [1.29, 1.82) is 0 Å². The Morgan fingerprint density at radius 3 is 2.81 bits per heavy atom. The zero-order chi connectivity index (χ0) is 12.2. The maximum absolute atomic E-state index is 4.13. The molecule has 0 aliphatic heterocycles. The zero-order valence-electron chi connectivity index (χ0n) is 10.8. The molecule has 0 bridgehead atoms. The molecule has 0 aromatic carbocycles. The van der Waals surface area contributed by atoms with E-state index in [2.05, 4.69) is 49.8 Å². The van der Waals surface area contributed by atoms with Crippen molar-refractivity contribution in [1.82, 2.24) is 15.5 Å². The van der Waals surface area contributed by atoms with E-state index in [1.54, 1.807) is 0 Å². The molecule has 2 N–H and O–H groups in total. The quantitative estimate of drug-likeness (QED) is 0.751. The highest BCUT2D eigenvalue weighted by molar-refractivity contribution is 5.23. The molecule has 0 saturated heterocycles. The molecule has 3 nitrogen and oxygen atoms in total. The number of aromatic amines is 1. The molecule has 1 atom stereocenters. The fourth-order valence-electron chi connectivity index (χ4n) is 1.71. The molecule has 0 aliphatic rings. The molecular weight excluding hydrogens is 198 g/mol. The molecule has 1 heterocycles. The van der Waals surface area contributed by atoms with Crippen LogP contribution >= 0.6 is 0 Å². The van der Waals surface area contributed by atoms with Crippen molar-refractivity contribution >= 4 is 0 Å². The van der Waals surface area contributed by atoms with E-state index in [1.165, 1.54) is 11.3 Å². The second-order valence-electron chi connectivity index (χ2n) is 5.33. The third kappa shape index (κ3) is 3.49. The van der Waals surface area contributed by atoms with E-state index in [0.717, 1.165) is 13.0 Å². The summed E-state index contributed by atoms with van der Waals surface area (Å²) < 4.78 is 0. The van der Waals surface area contributed by atoms with E-state index in [-0.39, 0.29) is 5.41 Å². The number of aromatic nitrogens is 2. The van der Waals surface area contributed by atoms with E-state index in [4.69, 9.17) is 0 Å². The summed E-state index contributed by atoms with van der Waals surface area (Å²) in [5, 5.41) is 10.7. The lowest BCUT2D eigenvalue weighted by Gasteiger charge is -2.19. The summed E-state index contributed by atoms with van der Waals surface area (Å²) in [5.41, 5.74) is 2.59. The Hall–Kier alpha value is -1.09. The summed E-state index contributed by atoms with van der Waals surface area (Å²) in [6, 6.07) is 0.459. The molecule has 1 unspecified atom stereocenters. The van der Waals surface area contributed by atoms with Crippen LogP contribution in [0.25, 0.3) is 0 Å². The Labute approximate surface area is 98.3 Å². The van der Waals surface area contributed by atoms with Gasteiger partial charge in [-0.15, -0.1) is 6.58 Å². The highest BCUT2D eigenvalue weighted by Crippen LogP contribution is 2.23. The van der Waals surface area contributed by atoms with Crippen molar-refractivity contribution in [3.63, 3.8) is 0 Å². The minimum Gasteiger partial charge on any atom is -0.310 e. The van der Waals surface area contributed by atoms with E-state index in [0.29, 0.717) is 6.04 Å². The molecule has 0 spiro atoms. The molecule has 16 heavy (non-hydrogen) atoms. The number of rotatable bonds is 5. The number of hydrogen-bond acceptors (Lipinski definition) is 2. The van der Waals surface area contributed by atoms with Crippen LogP contribution in [0.1, 0.15) is 45.4 Å². The van der Waals surface area contributed by atoms with Gasteiger partial charge >= 0.3 is 0 Å². The van der Waals surface area contributed by atoms with Gasteiger partial charge in [-0.25, -0.2) is 0 Å². The standard InChI is InChI=1S/C13H23N3/c1-6-7-10(2)14-8-11-9-15-16-12(11)13(3,4)5/h6,9-10,14H,1,7-8H2,2-5H3,(H,15,16). The lowest BCUT2D eigenvalue weighted by molar-refractivity contribution is 0.528. The average Bonchev–Trinajstić information content (AvgIpc) is 2.62. The van der Waals surface area contributed by atoms with Crippen LogP contribution in [-0.2, 0) is 12.0 Å². The first-order valence-corrected chi connectivity index (χ1v) is 5.82. The predicted molar refractivity (Wildman–Crippen MR) is 68.4 cm³/mol. The van der Waals surface area contributed by atoms with E-state index < -0.39 is 0 Å². The Morgan fingerprint density at radius 2 is 2.25 bits per heavy atom. The molecule has 0 aliphatic carbocycles. The number of hydrogen-bond donors (Lipinski definition) is 2. The van der Waals surface area contributed by atoms with Gasteiger partial charge in [0.25, 0.3) is 0 Å². The van der Waals surface area contributed by atoms with Crippen molar-refractivity contribution in [2.24, 2.45) is 0 Å². The van der Waals surface area contributed by atoms with Crippen LogP contribution < -0.4 is 5.32 Å². The van der Waals surface area contributed by atoms with Gasteiger partial charge in [0.1, 0.15) is 0 Å². The minimum atomic E-state index is 0.120. The molecule has 3 heteroatoms. The highest BCUT2D eigenvalue weighted by Gasteiger charge is 2.19. The first kappa shape index (κ1) is 13.0. The Balaban J connectivity index is 2.61. The number of nitrogens with zero attached hydrogens (tertiary/aromatic N) is 1. The maximum atomic E-state index is 4.13. The van der Waals surface area contributed by atoms with Gasteiger partial charge in [0.2, 0.25) is 0 Å². The van der Waals surface area contributed by atoms with E-state index in [1.807, 2.05) is 12.3 Å². The number of nitrogens with one attached hydrogen (secondary N) is 2. The van der Waals surface area contributed by atoms with Gasteiger partial charge in [-0.1, -0.05) is 26.8 Å². The van der Waals surface area contributed by atoms with Crippen LogP contribution in [0, 0.1) is 0 Å². The molecule has 1 aromatic rings. The molecule has 0 fully saturated rings. The van der Waals surface area contributed by atoms with Gasteiger partial charge < -0.3 is 5.32 Å². The SMILES string of the molecule is C=CCC(C)NCc1cn[nH]c1C(C)(C)C. The van der Waals surface area contributed by atoms with Crippen molar-refractivity contribution in [2.45, 2.75) is 52.1 Å². The van der Waals surface area contributed by atoms with Crippen molar-refractivity contribution in [3.8, 4) is 0 Å². The Kier molecular flexibility index (Phi) is 4.30. The van der Waals surface area contributed by atoms with Crippen LogP contribution in [0.5, 0.6) is 0 Å². The molecule has 90 valence electrons. The van der Waals surface area contributed by atoms with Crippen LogP contribution in [-0.4, -0.2) is 16.2 Å². The fourth-order valence-corrected chi connectivity index (χ4v) is 1.71. The summed E-state index contributed by atoms with van der Waals surface area (Å²) in [6.07, 6.45) is 4.84. The third-order valence-electron chi connectivity index (χ3n) is 2.63. The molecule has 1 aromatic heterocycles. The molecule has 1 rings (SSSR count). The Bertz CT molecular complexity index is 333. The van der Waals surface area contributed by atoms with Crippen LogP contribution in [0.3, 0.4) is 0 Å². The van der Waals surface area contributed by atoms with Crippen LogP contribution in [0.2, 0.25) is 0 Å². The smallest absolute Gasteiger partial charge is 0.0535 e. The molecule has 0 radical (unpaired) electrons. The maximum Gasteiger partial charge on any atom is 0.0535 e. The lowest BCUT2D eigenvalue weighted by Crippen LogP contribution is -2.26. The van der Waals surface area contributed by atoms with Gasteiger partial charge in [0, 0.05) is 29.3 Å². The molecular formula is C13H23N3. The van der Waals surface area contributed by atoms with E-state index >= 15 is 0 Å². The fraction of sp³-hybridized carbons (Fsp3) is 0.615. The van der Waals surface area contributed by atoms with Gasteiger partial charge in [0.15, 0.2) is 0 Å². The van der Waals surface area contributed by atoms with Gasteiger partial charge in [-0.05, 0) is 13.3 Å². The first-order chi connectivity index (χ1) is 7.45. The number of H-pyrrole nitrogens is 1. The van der Waals surface area contributed by atoms with Crippen LogP contribution in [0.4, 0.5) is 0 Å². The molecule has 0 amide bonds. The first-order valence-electron chi connectivity index (χ1n) is 5.82. The topological polar surface area (TPSA) is 40.7 Å².